The topological polar surface area (TPSA) is 60.2 Å². The maximum Gasteiger partial charge on any atom is 0.179 e. The van der Waals surface area contributed by atoms with E-state index in [1.165, 1.54) is 16.5 Å². The second-order valence-electron chi connectivity index (χ2n) is 4.91. The third kappa shape index (κ3) is 2.69. The standard InChI is InChI=1S/C15H15NO2S2/c16-12-5-3-6-14(9-12)20(17,18)10-13-8-11-4-1-2-7-15(11)19-13/h1-7,9,13H,8,10,16H2. The Hall–Kier alpha value is -1.46. The fourth-order valence-electron chi connectivity index (χ4n) is 2.40. The number of nitrogen functional groups attached to an aromatic ring is 1. The summed E-state index contributed by atoms with van der Waals surface area (Å²) < 4.78 is 24.8. The van der Waals surface area contributed by atoms with Crippen LogP contribution in [0, 0.1) is 0 Å². The number of sulfone groups is 1. The van der Waals surface area contributed by atoms with E-state index in [1.54, 1.807) is 30.0 Å². The van der Waals surface area contributed by atoms with Gasteiger partial charge in [0.25, 0.3) is 0 Å². The monoisotopic (exact) mass is 305 g/mol. The van der Waals surface area contributed by atoms with Crippen molar-refractivity contribution >= 4 is 27.3 Å². The minimum absolute atomic E-state index is 0.0823. The Balaban J connectivity index is 1.79. The Morgan fingerprint density at radius 1 is 1.15 bits per heavy atom. The summed E-state index contributed by atoms with van der Waals surface area (Å²) in [4.78, 5) is 1.51. The molecule has 3 nitrogen and oxygen atoms in total. The van der Waals surface area contributed by atoms with Crippen LogP contribution in [0.5, 0.6) is 0 Å². The summed E-state index contributed by atoms with van der Waals surface area (Å²) in [6.45, 7) is 0. The summed E-state index contributed by atoms with van der Waals surface area (Å²) in [5.41, 5.74) is 7.38. The first kappa shape index (κ1) is 13.5. The lowest BCUT2D eigenvalue weighted by atomic mass is 10.1. The molecule has 5 heteroatoms. The van der Waals surface area contributed by atoms with E-state index in [-0.39, 0.29) is 11.0 Å². The summed E-state index contributed by atoms with van der Waals surface area (Å²) in [6, 6.07) is 14.6. The van der Waals surface area contributed by atoms with E-state index in [2.05, 4.69) is 6.07 Å². The van der Waals surface area contributed by atoms with Crippen molar-refractivity contribution in [1.82, 2.24) is 0 Å². The van der Waals surface area contributed by atoms with Gasteiger partial charge in [-0.15, -0.1) is 11.8 Å². The van der Waals surface area contributed by atoms with E-state index in [1.807, 2.05) is 18.2 Å². The van der Waals surface area contributed by atoms with Crippen LogP contribution in [0.25, 0.3) is 0 Å². The Kier molecular flexibility index (Phi) is 3.48. The van der Waals surface area contributed by atoms with Gasteiger partial charge in [0, 0.05) is 15.8 Å². The van der Waals surface area contributed by atoms with Crippen LogP contribution in [0.15, 0.2) is 58.3 Å². The zero-order valence-corrected chi connectivity index (χ0v) is 12.5. The minimum Gasteiger partial charge on any atom is -0.399 e. The SMILES string of the molecule is Nc1cccc(S(=O)(=O)CC2Cc3ccccc3S2)c1. The molecule has 2 N–H and O–H groups in total. The van der Waals surface area contributed by atoms with Gasteiger partial charge in [-0.1, -0.05) is 24.3 Å². The average Bonchev–Trinajstić information content (AvgIpc) is 2.80. The fraction of sp³-hybridized carbons (Fsp3) is 0.200. The largest absolute Gasteiger partial charge is 0.399 e. The van der Waals surface area contributed by atoms with Gasteiger partial charge in [0.05, 0.1) is 10.6 Å². The molecule has 0 saturated carbocycles. The molecule has 1 atom stereocenters. The Labute approximate surface area is 123 Å². The van der Waals surface area contributed by atoms with Crippen molar-refractivity contribution in [2.45, 2.75) is 21.5 Å². The van der Waals surface area contributed by atoms with E-state index in [9.17, 15) is 8.42 Å². The Bertz CT molecular complexity index is 716. The van der Waals surface area contributed by atoms with Gasteiger partial charge in [-0.25, -0.2) is 8.42 Å². The zero-order valence-electron chi connectivity index (χ0n) is 10.8. The van der Waals surface area contributed by atoms with Crippen LogP contribution in [0.3, 0.4) is 0 Å². The summed E-state index contributed by atoms with van der Waals surface area (Å²) in [6.07, 6.45) is 0.808. The van der Waals surface area contributed by atoms with Crippen molar-refractivity contribution in [2.24, 2.45) is 0 Å². The van der Waals surface area contributed by atoms with Crippen molar-refractivity contribution in [3.63, 3.8) is 0 Å². The lowest BCUT2D eigenvalue weighted by molar-refractivity contribution is 0.594. The molecule has 0 spiro atoms. The number of fused-ring (bicyclic) bond motifs is 1. The molecular weight excluding hydrogens is 290 g/mol. The lowest BCUT2D eigenvalue weighted by Gasteiger charge is -2.10. The predicted molar refractivity (Wildman–Crippen MR) is 82.7 cm³/mol. The molecule has 0 amide bonds. The molecule has 20 heavy (non-hydrogen) atoms. The quantitative estimate of drug-likeness (QED) is 0.886. The van der Waals surface area contributed by atoms with Crippen LogP contribution in [-0.4, -0.2) is 19.4 Å². The Morgan fingerprint density at radius 2 is 1.95 bits per heavy atom. The summed E-state index contributed by atoms with van der Waals surface area (Å²) in [5, 5.41) is 0.0823. The summed E-state index contributed by atoms with van der Waals surface area (Å²) in [5.74, 6) is 0.149. The minimum atomic E-state index is -3.28. The highest BCUT2D eigenvalue weighted by molar-refractivity contribution is 8.01. The highest BCUT2D eigenvalue weighted by atomic mass is 32.2. The van der Waals surface area contributed by atoms with E-state index in [4.69, 9.17) is 5.73 Å². The molecule has 1 heterocycles. The molecule has 2 aromatic carbocycles. The number of hydrogen-bond donors (Lipinski definition) is 1. The molecule has 0 aliphatic carbocycles. The molecule has 0 radical (unpaired) electrons. The lowest BCUT2D eigenvalue weighted by Crippen LogP contribution is -2.18. The van der Waals surface area contributed by atoms with Crippen LogP contribution in [-0.2, 0) is 16.3 Å². The number of hydrogen-bond acceptors (Lipinski definition) is 4. The number of thioether (sulfide) groups is 1. The maximum atomic E-state index is 12.4. The zero-order chi connectivity index (χ0) is 14.2. The Morgan fingerprint density at radius 3 is 2.70 bits per heavy atom. The van der Waals surface area contributed by atoms with Crippen LogP contribution in [0.1, 0.15) is 5.56 Å². The van der Waals surface area contributed by atoms with Gasteiger partial charge < -0.3 is 5.73 Å². The fourth-order valence-corrected chi connectivity index (χ4v) is 5.69. The first-order chi connectivity index (χ1) is 9.54. The third-order valence-electron chi connectivity index (χ3n) is 3.34. The van der Waals surface area contributed by atoms with Crippen molar-refractivity contribution in [3.05, 3.63) is 54.1 Å². The second-order valence-corrected chi connectivity index (χ2v) is 8.28. The number of rotatable bonds is 3. The molecule has 0 saturated heterocycles. The molecule has 3 rings (SSSR count). The van der Waals surface area contributed by atoms with Gasteiger partial charge in [-0.05, 0) is 36.2 Å². The van der Waals surface area contributed by atoms with Gasteiger partial charge in [0.15, 0.2) is 9.84 Å². The van der Waals surface area contributed by atoms with E-state index in [0.29, 0.717) is 10.6 Å². The van der Waals surface area contributed by atoms with Crippen molar-refractivity contribution < 1.29 is 8.42 Å². The molecule has 0 aromatic heterocycles. The summed E-state index contributed by atoms with van der Waals surface area (Å²) in [7, 11) is -3.28. The first-order valence-electron chi connectivity index (χ1n) is 6.37. The van der Waals surface area contributed by atoms with Gasteiger partial charge in [0.1, 0.15) is 0 Å². The first-order valence-corrected chi connectivity index (χ1v) is 8.91. The normalized spacial score (nSPS) is 17.9. The number of nitrogens with two attached hydrogens (primary N) is 1. The molecule has 1 aliphatic heterocycles. The van der Waals surface area contributed by atoms with Crippen molar-refractivity contribution in [3.8, 4) is 0 Å². The molecular formula is C15H15NO2S2. The second kappa shape index (κ2) is 5.14. The van der Waals surface area contributed by atoms with Crippen LogP contribution in [0.2, 0.25) is 0 Å². The third-order valence-corrected chi connectivity index (χ3v) is 6.68. The van der Waals surface area contributed by atoms with Crippen molar-refractivity contribution in [1.29, 1.82) is 0 Å². The van der Waals surface area contributed by atoms with E-state index >= 15 is 0 Å². The van der Waals surface area contributed by atoms with Gasteiger partial charge in [-0.2, -0.15) is 0 Å². The van der Waals surface area contributed by atoms with E-state index < -0.39 is 9.84 Å². The molecule has 1 unspecified atom stereocenters. The van der Waals surface area contributed by atoms with E-state index in [0.717, 1.165) is 6.42 Å². The van der Waals surface area contributed by atoms with Crippen LogP contribution < -0.4 is 5.73 Å². The molecule has 0 fully saturated rings. The smallest absolute Gasteiger partial charge is 0.179 e. The molecule has 104 valence electrons. The van der Waals surface area contributed by atoms with Gasteiger partial charge in [-0.3, -0.25) is 0 Å². The number of anilines is 1. The molecule has 0 bridgehead atoms. The van der Waals surface area contributed by atoms with Crippen LogP contribution >= 0.6 is 11.8 Å². The van der Waals surface area contributed by atoms with Gasteiger partial charge >= 0.3 is 0 Å². The highest BCUT2D eigenvalue weighted by Gasteiger charge is 2.27. The van der Waals surface area contributed by atoms with Crippen molar-refractivity contribution in [2.75, 3.05) is 11.5 Å². The predicted octanol–water partition coefficient (Wildman–Crippen LogP) is 2.76. The number of benzene rings is 2. The van der Waals surface area contributed by atoms with Crippen LogP contribution in [0.4, 0.5) is 5.69 Å². The molecule has 2 aromatic rings. The summed E-state index contributed by atoms with van der Waals surface area (Å²) >= 11 is 1.65. The van der Waals surface area contributed by atoms with Gasteiger partial charge in [0.2, 0.25) is 0 Å². The highest BCUT2D eigenvalue weighted by Crippen LogP contribution is 2.38. The maximum absolute atomic E-state index is 12.4. The molecule has 1 aliphatic rings. The average molecular weight is 305 g/mol.